The first-order chi connectivity index (χ1) is 22.0. The van der Waals surface area contributed by atoms with Crippen LogP contribution in [0.1, 0.15) is 56.3 Å². The monoisotopic (exact) mass is 618 g/mol. The van der Waals surface area contributed by atoms with Crippen LogP contribution in [0.25, 0.3) is 0 Å². The molecule has 0 bridgehead atoms. The molecule has 0 radical (unpaired) electrons. The Bertz CT molecular complexity index is 1350. The van der Waals surface area contributed by atoms with Crippen molar-refractivity contribution in [3.63, 3.8) is 0 Å². The molecule has 2 aromatic carbocycles. The van der Waals surface area contributed by atoms with Gasteiger partial charge in [0.2, 0.25) is 0 Å². The van der Waals surface area contributed by atoms with Gasteiger partial charge in [0.15, 0.2) is 12.6 Å². The third-order valence-electron chi connectivity index (χ3n) is 10.1. The number of aliphatic hydroxyl groups is 1. The standard InChI is InChI=1S/C36H42O9/c1-36-32(37)18-28-25(42-33(36)19-29-31(45-36)21-39-35(44-29)23-12-6-3-7-13-23)15-9-8-14-24-26(40-28)16-17-27-30(41-24)20-38-34(43-27)22-10-4-2-5-11-22/h2-13,16-17,24-35,37H,14-15,18-21H2,1H3/b9-8-/t24-,25+,26+,27-,28-,29+,30+,31-,32-,33-,34+,35-,36+/m1/s1. The molecule has 0 aromatic heterocycles. The summed E-state index contributed by atoms with van der Waals surface area (Å²) in [6, 6.07) is 19.9. The van der Waals surface area contributed by atoms with E-state index >= 15 is 0 Å². The minimum absolute atomic E-state index is 0.216. The van der Waals surface area contributed by atoms with Gasteiger partial charge in [0.05, 0.1) is 49.8 Å². The van der Waals surface area contributed by atoms with Crippen LogP contribution in [0.2, 0.25) is 0 Å². The molecule has 9 heteroatoms. The lowest BCUT2D eigenvalue weighted by Crippen LogP contribution is -2.63. The highest BCUT2D eigenvalue weighted by atomic mass is 16.7. The van der Waals surface area contributed by atoms with E-state index in [1.54, 1.807) is 0 Å². The maximum Gasteiger partial charge on any atom is 0.184 e. The number of benzene rings is 2. The molecule has 2 aromatic rings. The fraction of sp³-hybridized carbons (Fsp3) is 0.556. The molecule has 0 spiro atoms. The lowest BCUT2D eigenvalue weighted by atomic mass is 9.82. The Morgan fingerprint density at radius 3 is 1.91 bits per heavy atom. The van der Waals surface area contributed by atoms with Gasteiger partial charge in [0.1, 0.15) is 30.0 Å². The Morgan fingerprint density at radius 1 is 0.600 bits per heavy atom. The van der Waals surface area contributed by atoms with E-state index in [1.807, 2.05) is 73.7 Å². The number of hydrogen-bond acceptors (Lipinski definition) is 9. The predicted octanol–water partition coefficient (Wildman–Crippen LogP) is 4.71. The van der Waals surface area contributed by atoms with Crippen molar-refractivity contribution in [2.75, 3.05) is 13.2 Å². The zero-order chi connectivity index (χ0) is 30.4. The molecule has 0 amide bonds. The third kappa shape index (κ3) is 5.95. The van der Waals surface area contributed by atoms with Crippen LogP contribution in [0, 0.1) is 0 Å². The van der Waals surface area contributed by atoms with Gasteiger partial charge in [-0.15, -0.1) is 0 Å². The first kappa shape index (κ1) is 29.9. The molecule has 240 valence electrons. The lowest BCUT2D eigenvalue weighted by Gasteiger charge is -2.51. The van der Waals surface area contributed by atoms with E-state index in [4.69, 9.17) is 37.9 Å². The van der Waals surface area contributed by atoms with Gasteiger partial charge in [-0.1, -0.05) is 85.0 Å². The number of hydrogen-bond donors (Lipinski definition) is 1. The van der Waals surface area contributed by atoms with Gasteiger partial charge in [-0.3, -0.25) is 0 Å². The summed E-state index contributed by atoms with van der Waals surface area (Å²) in [4.78, 5) is 0. The number of ether oxygens (including phenoxy) is 8. The first-order valence-corrected chi connectivity index (χ1v) is 16.3. The van der Waals surface area contributed by atoms with E-state index in [2.05, 4.69) is 18.2 Å². The highest BCUT2D eigenvalue weighted by molar-refractivity contribution is 5.18. The van der Waals surface area contributed by atoms with Crippen LogP contribution in [0.15, 0.2) is 85.0 Å². The van der Waals surface area contributed by atoms with Gasteiger partial charge in [-0.25, -0.2) is 0 Å². The molecule has 4 saturated heterocycles. The van der Waals surface area contributed by atoms with Crippen LogP contribution >= 0.6 is 0 Å². The Labute approximate surface area is 264 Å². The summed E-state index contributed by atoms with van der Waals surface area (Å²) in [5.74, 6) is 0. The fourth-order valence-electron chi connectivity index (χ4n) is 7.51. The molecule has 45 heavy (non-hydrogen) atoms. The van der Waals surface area contributed by atoms with E-state index in [0.29, 0.717) is 38.9 Å². The SMILES string of the molecule is C[C@@]12O[C@@H]3CO[C@@H](c4ccccc4)O[C@H]3C[C@H]1O[C@H]1C/C=C\C[C@H]3O[C@H]4CO[C@H](c5ccccc5)O[C@@H]4C=C[C@@H]3O[C@@H]1C[C@H]2O. The molecule has 6 aliphatic rings. The highest BCUT2D eigenvalue weighted by Gasteiger charge is 2.56. The Hall–Kier alpha value is -2.44. The van der Waals surface area contributed by atoms with Crippen LogP contribution in [0.3, 0.4) is 0 Å². The molecular weight excluding hydrogens is 576 g/mol. The summed E-state index contributed by atoms with van der Waals surface area (Å²) in [6.07, 6.45) is 6.37. The second kappa shape index (κ2) is 12.6. The van der Waals surface area contributed by atoms with E-state index in [1.165, 1.54) is 0 Å². The van der Waals surface area contributed by atoms with Crippen molar-refractivity contribution < 1.29 is 43.0 Å². The Morgan fingerprint density at radius 2 is 1.20 bits per heavy atom. The van der Waals surface area contributed by atoms with Crippen LogP contribution in [0.4, 0.5) is 0 Å². The summed E-state index contributed by atoms with van der Waals surface area (Å²) in [7, 11) is 0. The number of aliphatic hydroxyl groups excluding tert-OH is 1. The molecule has 8 rings (SSSR count). The van der Waals surface area contributed by atoms with Crippen molar-refractivity contribution in [1.29, 1.82) is 0 Å². The summed E-state index contributed by atoms with van der Waals surface area (Å²) >= 11 is 0. The fourth-order valence-corrected chi connectivity index (χ4v) is 7.51. The van der Waals surface area contributed by atoms with Crippen molar-refractivity contribution in [1.82, 2.24) is 0 Å². The zero-order valence-corrected chi connectivity index (χ0v) is 25.5. The average Bonchev–Trinajstić information content (AvgIpc) is 3.26. The molecule has 4 fully saturated rings. The van der Waals surface area contributed by atoms with Crippen molar-refractivity contribution >= 4 is 0 Å². The van der Waals surface area contributed by atoms with Crippen LogP contribution in [0.5, 0.6) is 0 Å². The molecule has 13 atom stereocenters. The lowest BCUT2D eigenvalue weighted by molar-refractivity contribution is -0.336. The summed E-state index contributed by atoms with van der Waals surface area (Å²) in [5.41, 5.74) is 1.02. The molecule has 0 saturated carbocycles. The van der Waals surface area contributed by atoms with Crippen LogP contribution in [-0.2, 0) is 37.9 Å². The van der Waals surface area contributed by atoms with E-state index < -0.39 is 24.3 Å². The normalized spacial score (nSPS) is 45.4. The van der Waals surface area contributed by atoms with E-state index in [0.717, 1.165) is 11.1 Å². The van der Waals surface area contributed by atoms with E-state index in [9.17, 15) is 5.11 Å². The molecule has 6 aliphatic heterocycles. The maximum absolute atomic E-state index is 11.7. The first-order valence-electron chi connectivity index (χ1n) is 16.3. The van der Waals surface area contributed by atoms with Gasteiger partial charge >= 0.3 is 0 Å². The Balaban J connectivity index is 0.993. The van der Waals surface area contributed by atoms with Crippen molar-refractivity contribution in [2.45, 2.75) is 112 Å². The second-order valence-corrected chi connectivity index (χ2v) is 13.1. The molecule has 6 heterocycles. The van der Waals surface area contributed by atoms with Gasteiger partial charge in [-0.2, -0.15) is 0 Å². The molecule has 9 nitrogen and oxygen atoms in total. The smallest absolute Gasteiger partial charge is 0.184 e. The average molecular weight is 619 g/mol. The second-order valence-electron chi connectivity index (χ2n) is 13.1. The van der Waals surface area contributed by atoms with Crippen molar-refractivity contribution in [3.8, 4) is 0 Å². The summed E-state index contributed by atoms with van der Waals surface area (Å²) in [5, 5.41) is 11.7. The summed E-state index contributed by atoms with van der Waals surface area (Å²) in [6.45, 7) is 2.76. The Kier molecular flexibility index (Phi) is 8.40. The molecule has 0 unspecified atom stereocenters. The predicted molar refractivity (Wildman–Crippen MR) is 162 cm³/mol. The topological polar surface area (TPSA) is 94.1 Å². The minimum Gasteiger partial charge on any atom is -0.390 e. The maximum atomic E-state index is 11.7. The van der Waals surface area contributed by atoms with Crippen LogP contribution in [-0.4, -0.2) is 85.0 Å². The summed E-state index contributed by atoms with van der Waals surface area (Å²) < 4.78 is 51.8. The van der Waals surface area contributed by atoms with Crippen molar-refractivity contribution in [3.05, 3.63) is 96.1 Å². The van der Waals surface area contributed by atoms with Crippen LogP contribution < -0.4 is 0 Å². The van der Waals surface area contributed by atoms with Gasteiger partial charge in [-0.05, 0) is 19.8 Å². The number of fused-ring (bicyclic) bond motifs is 5. The highest BCUT2D eigenvalue weighted by Crippen LogP contribution is 2.45. The van der Waals surface area contributed by atoms with Gasteiger partial charge < -0.3 is 43.0 Å². The number of rotatable bonds is 2. The molecular formula is C36H42O9. The largest absolute Gasteiger partial charge is 0.390 e. The molecule has 1 N–H and O–H groups in total. The third-order valence-corrected chi connectivity index (χ3v) is 10.1. The van der Waals surface area contributed by atoms with Gasteiger partial charge in [0.25, 0.3) is 0 Å². The quantitative estimate of drug-likeness (QED) is 0.481. The molecule has 0 aliphatic carbocycles. The van der Waals surface area contributed by atoms with E-state index in [-0.39, 0.29) is 54.9 Å². The minimum atomic E-state index is -0.931. The zero-order valence-electron chi connectivity index (χ0n) is 25.5. The van der Waals surface area contributed by atoms with Gasteiger partial charge in [0, 0.05) is 24.0 Å². The van der Waals surface area contributed by atoms with Crippen molar-refractivity contribution in [2.24, 2.45) is 0 Å².